The van der Waals surface area contributed by atoms with Crippen molar-refractivity contribution in [2.24, 2.45) is 0 Å². The average molecular weight is 473 g/mol. The van der Waals surface area contributed by atoms with Crippen molar-refractivity contribution in [3.63, 3.8) is 0 Å². The molecule has 5 rings (SSSR count). The van der Waals surface area contributed by atoms with Crippen LogP contribution in [-0.4, -0.2) is 70.3 Å². The van der Waals surface area contributed by atoms with E-state index in [2.05, 4.69) is 66.2 Å². The van der Waals surface area contributed by atoms with Crippen LogP contribution in [0.3, 0.4) is 0 Å². The third-order valence-electron chi connectivity index (χ3n) is 7.81. The summed E-state index contributed by atoms with van der Waals surface area (Å²) in [6, 6.07) is 18.2. The number of aromatic nitrogens is 1. The highest BCUT2D eigenvalue weighted by Gasteiger charge is 2.47. The third kappa shape index (κ3) is 4.59. The van der Waals surface area contributed by atoms with Crippen molar-refractivity contribution in [1.82, 2.24) is 19.7 Å². The predicted octanol–water partition coefficient (Wildman–Crippen LogP) is 4.17. The normalized spacial score (nSPS) is 20.0. The summed E-state index contributed by atoms with van der Waals surface area (Å²) in [6.45, 7) is 8.11. The number of nitrogens with zero attached hydrogens (tertiary/aromatic N) is 3. The Kier molecular flexibility index (Phi) is 6.91. The number of amides is 2. The van der Waals surface area contributed by atoms with Crippen LogP contribution in [0.4, 0.5) is 0 Å². The number of aromatic amines is 1. The van der Waals surface area contributed by atoms with Crippen molar-refractivity contribution in [1.29, 1.82) is 0 Å². The monoisotopic (exact) mass is 472 g/mol. The summed E-state index contributed by atoms with van der Waals surface area (Å²) in [7, 11) is 0. The second-order valence-corrected chi connectivity index (χ2v) is 9.76. The quantitative estimate of drug-likeness (QED) is 0.509. The lowest BCUT2D eigenvalue weighted by atomic mass is 9.86. The largest absolute Gasteiger partial charge is 0.356 e. The number of rotatable bonds is 9. The van der Waals surface area contributed by atoms with Gasteiger partial charge in [-0.3, -0.25) is 9.59 Å². The molecule has 2 amide bonds. The summed E-state index contributed by atoms with van der Waals surface area (Å²) in [5, 5.41) is 1.17. The molecular formula is C29H36N4O2. The van der Waals surface area contributed by atoms with Gasteiger partial charge in [-0.1, -0.05) is 62.4 Å². The predicted molar refractivity (Wildman–Crippen MR) is 139 cm³/mol. The summed E-state index contributed by atoms with van der Waals surface area (Å²) in [4.78, 5) is 37.0. The number of nitrogens with one attached hydrogen (secondary N) is 1. The number of hydrogen-bond acceptors (Lipinski definition) is 3. The van der Waals surface area contributed by atoms with Crippen LogP contribution in [0.2, 0.25) is 0 Å². The van der Waals surface area contributed by atoms with Crippen LogP contribution in [-0.2, 0) is 22.4 Å². The fraction of sp³-hybridized carbons (Fsp3) is 0.448. The fourth-order valence-corrected chi connectivity index (χ4v) is 5.91. The van der Waals surface area contributed by atoms with E-state index in [4.69, 9.17) is 0 Å². The number of hydrogen-bond donors (Lipinski definition) is 1. The Morgan fingerprint density at radius 3 is 2.51 bits per heavy atom. The molecule has 1 N–H and O–H groups in total. The van der Waals surface area contributed by atoms with E-state index in [0.717, 1.165) is 50.1 Å². The molecule has 3 heterocycles. The van der Waals surface area contributed by atoms with Crippen LogP contribution < -0.4 is 0 Å². The van der Waals surface area contributed by atoms with E-state index >= 15 is 0 Å². The van der Waals surface area contributed by atoms with Gasteiger partial charge in [-0.2, -0.15) is 0 Å². The first-order chi connectivity index (χ1) is 17.1. The van der Waals surface area contributed by atoms with Gasteiger partial charge in [-0.25, -0.2) is 0 Å². The first kappa shape index (κ1) is 23.6. The van der Waals surface area contributed by atoms with Gasteiger partial charge in [-0.05, 0) is 56.1 Å². The first-order valence-corrected chi connectivity index (χ1v) is 13.1. The second kappa shape index (κ2) is 10.2. The molecule has 0 saturated carbocycles. The summed E-state index contributed by atoms with van der Waals surface area (Å²) >= 11 is 0. The van der Waals surface area contributed by atoms with Crippen molar-refractivity contribution in [2.75, 3.05) is 32.7 Å². The molecule has 1 fully saturated rings. The number of piperazine rings is 1. The van der Waals surface area contributed by atoms with Crippen LogP contribution in [0.1, 0.15) is 49.6 Å². The highest BCUT2D eigenvalue weighted by atomic mass is 16.2. The van der Waals surface area contributed by atoms with Gasteiger partial charge in [0.15, 0.2) is 0 Å². The van der Waals surface area contributed by atoms with E-state index in [9.17, 15) is 9.59 Å². The van der Waals surface area contributed by atoms with Gasteiger partial charge in [-0.15, -0.1) is 0 Å². The molecule has 0 aliphatic carbocycles. The molecule has 6 nitrogen and oxygen atoms in total. The van der Waals surface area contributed by atoms with Gasteiger partial charge in [0.1, 0.15) is 6.04 Å². The Morgan fingerprint density at radius 2 is 1.74 bits per heavy atom. The standard InChI is InChI=1S/C29H36N4O2/c1-3-31(4-2)17-10-18-32-20-27(34)33-25(16-15-21-11-6-5-7-12-21)28-23(19-26(33)29(32)35)22-13-8-9-14-24(22)30-28/h5-9,11-14,25-26,30H,3-4,10,15-20H2,1-2H3. The minimum Gasteiger partial charge on any atom is -0.356 e. The number of carbonyl (C=O) groups excluding carboxylic acids is 2. The van der Waals surface area contributed by atoms with Crippen molar-refractivity contribution >= 4 is 22.7 Å². The lowest BCUT2D eigenvalue weighted by molar-refractivity contribution is -0.160. The van der Waals surface area contributed by atoms with Crippen molar-refractivity contribution in [3.8, 4) is 0 Å². The summed E-state index contributed by atoms with van der Waals surface area (Å²) < 4.78 is 0. The van der Waals surface area contributed by atoms with Crippen LogP contribution in [0.15, 0.2) is 54.6 Å². The molecule has 3 aromatic rings. The highest BCUT2D eigenvalue weighted by Crippen LogP contribution is 2.41. The van der Waals surface area contributed by atoms with E-state index < -0.39 is 6.04 Å². The zero-order valence-corrected chi connectivity index (χ0v) is 20.9. The lowest BCUT2D eigenvalue weighted by Crippen LogP contribution is -2.63. The van der Waals surface area contributed by atoms with Gasteiger partial charge < -0.3 is 19.7 Å². The van der Waals surface area contributed by atoms with E-state index in [-0.39, 0.29) is 24.4 Å². The Morgan fingerprint density at radius 1 is 1.00 bits per heavy atom. The maximum Gasteiger partial charge on any atom is 0.246 e. The average Bonchev–Trinajstić information content (AvgIpc) is 3.26. The van der Waals surface area contributed by atoms with Crippen molar-refractivity contribution in [2.45, 2.75) is 51.6 Å². The molecule has 0 radical (unpaired) electrons. The van der Waals surface area contributed by atoms with Crippen LogP contribution in [0, 0.1) is 0 Å². The van der Waals surface area contributed by atoms with Crippen molar-refractivity contribution < 1.29 is 9.59 Å². The molecule has 6 heteroatoms. The number of H-pyrrole nitrogens is 1. The van der Waals surface area contributed by atoms with Crippen LogP contribution in [0.25, 0.3) is 10.9 Å². The molecule has 2 unspecified atom stereocenters. The Balaban J connectivity index is 1.42. The van der Waals surface area contributed by atoms with E-state index in [0.29, 0.717) is 13.0 Å². The van der Waals surface area contributed by atoms with Gasteiger partial charge in [0.05, 0.1) is 12.6 Å². The molecular weight excluding hydrogens is 436 g/mol. The van der Waals surface area contributed by atoms with Gasteiger partial charge in [0, 0.05) is 29.6 Å². The molecule has 0 bridgehead atoms. The molecule has 35 heavy (non-hydrogen) atoms. The topological polar surface area (TPSA) is 59.6 Å². The van der Waals surface area contributed by atoms with Gasteiger partial charge in [0.25, 0.3) is 0 Å². The smallest absolute Gasteiger partial charge is 0.246 e. The first-order valence-electron chi connectivity index (χ1n) is 13.1. The van der Waals surface area contributed by atoms with Gasteiger partial charge >= 0.3 is 0 Å². The SMILES string of the molecule is CCN(CC)CCCN1CC(=O)N2C(Cc3c([nH]c4ccccc34)C2CCc2ccccc2)C1=O. The number of carbonyl (C=O) groups is 2. The molecule has 184 valence electrons. The van der Waals surface area contributed by atoms with Crippen LogP contribution >= 0.6 is 0 Å². The van der Waals surface area contributed by atoms with E-state index in [1.807, 2.05) is 17.0 Å². The third-order valence-corrected chi connectivity index (χ3v) is 7.81. The summed E-state index contributed by atoms with van der Waals surface area (Å²) in [5.74, 6) is 0.171. The highest BCUT2D eigenvalue weighted by molar-refractivity contribution is 5.97. The Hall–Kier alpha value is -3.12. The van der Waals surface area contributed by atoms with Gasteiger partial charge in [0.2, 0.25) is 11.8 Å². The lowest BCUT2D eigenvalue weighted by Gasteiger charge is -2.47. The number of aryl methyl sites for hydroxylation is 1. The maximum absolute atomic E-state index is 13.7. The van der Waals surface area contributed by atoms with Crippen molar-refractivity contribution in [3.05, 3.63) is 71.4 Å². The Bertz CT molecular complexity index is 1180. The molecule has 2 aliphatic heterocycles. The zero-order valence-electron chi connectivity index (χ0n) is 20.9. The Labute approximate surface area is 207 Å². The molecule has 1 saturated heterocycles. The zero-order chi connectivity index (χ0) is 24.4. The molecule has 2 aromatic carbocycles. The molecule has 2 aliphatic rings. The number of para-hydroxylation sites is 1. The fourth-order valence-electron chi connectivity index (χ4n) is 5.91. The molecule has 2 atom stereocenters. The van der Waals surface area contributed by atoms with E-state index in [1.165, 1.54) is 16.5 Å². The summed E-state index contributed by atoms with van der Waals surface area (Å²) in [6.07, 6.45) is 3.13. The minimum atomic E-state index is -0.419. The molecule has 0 spiro atoms. The number of fused-ring (bicyclic) bond motifs is 4. The van der Waals surface area contributed by atoms with E-state index in [1.54, 1.807) is 4.90 Å². The maximum atomic E-state index is 13.7. The van der Waals surface area contributed by atoms with Crippen LogP contribution in [0.5, 0.6) is 0 Å². The minimum absolute atomic E-state index is 0.0693. The molecule has 1 aromatic heterocycles. The summed E-state index contributed by atoms with van der Waals surface area (Å²) in [5.41, 5.74) is 4.64. The number of benzene rings is 2. The second-order valence-electron chi connectivity index (χ2n) is 9.76.